The molecule has 1 saturated heterocycles. The number of hydrogen-bond donors (Lipinski definition) is 0. The fourth-order valence-corrected chi connectivity index (χ4v) is 3.93. The molecular formula is C19H19N3OS. The monoisotopic (exact) mass is 337 g/mol. The second-order valence-electron chi connectivity index (χ2n) is 5.79. The third-order valence-corrected chi connectivity index (χ3v) is 5.27. The van der Waals surface area contributed by atoms with E-state index in [-0.39, 0.29) is 11.2 Å². The molecule has 0 spiro atoms. The molecule has 0 N–H and O–H groups in total. The molecule has 3 rings (SSSR count). The smallest absolute Gasteiger partial charge is 0.240 e. The number of hydrogen-bond acceptors (Lipinski definition) is 4. The van der Waals surface area contributed by atoms with Gasteiger partial charge in [-0.3, -0.25) is 4.79 Å². The Hall–Kier alpha value is -2.32. The third kappa shape index (κ3) is 3.95. The summed E-state index contributed by atoms with van der Waals surface area (Å²) in [5.41, 5.74) is 1.53. The molecular weight excluding hydrogens is 318 g/mol. The standard InChI is InChI=1S/C19H19N3OS/c20-14-15-9-10-21-17(13-15)24-18(16-7-3-1-4-8-16)19(23)22-11-5-2-6-12-22/h1,3-4,7-10,13,18H,2,5-6,11-12H2/t18-/m0/s1. The van der Waals surface area contributed by atoms with Crippen LogP contribution < -0.4 is 0 Å². The van der Waals surface area contributed by atoms with E-state index in [9.17, 15) is 4.79 Å². The zero-order valence-electron chi connectivity index (χ0n) is 13.4. The van der Waals surface area contributed by atoms with Gasteiger partial charge in [0.05, 0.1) is 16.7 Å². The van der Waals surface area contributed by atoms with Gasteiger partial charge >= 0.3 is 0 Å². The van der Waals surface area contributed by atoms with Crippen molar-refractivity contribution in [2.45, 2.75) is 29.5 Å². The Kier molecular flexibility index (Phi) is 5.50. The van der Waals surface area contributed by atoms with Crippen LogP contribution in [0.15, 0.2) is 53.7 Å². The minimum Gasteiger partial charge on any atom is -0.341 e. The Labute approximate surface area is 146 Å². The summed E-state index contributed by atoms with van der Waals surface area (Å²) in [7, 11) is 0. The highest BCUT2D eigenvalue weighted by Crippen LogP contribution is 2.36. The molecule has 122 valence electrons. The fourth-order valence-electron chi connectivity index (χ4n) is 2.83. The quantitative estimate of drug-likeness (QED) is 0.796. The van der Waals surface area contributed by atoms with E-state index in [0.29, 0.717) is 10.6 Å². The van der Waals surface area contributed by atoms with Crippen molar-refractivity contribution in [2.24, 2.45) is 0 Å². The molecule has 1 fully saturated rings. The van der Waals surface area contributed by atoms with Crippen LogP contribution in [0, 0.1) is 11.3 Å². The maximum Gasteiger partial charge on any atom is 0.240 e. The molecule has 0 aliphatic carbocycles. The first-order valence-corrected chi connectivity index (χ1v) is 9.02. The first kappa shape index (κ1) is 16.5. The van der Waals surface area contributed by atoms with Crippen molar-refractivity contribution in [3.8, 4) is 6.07 Å². The van der Waals surface area contributed by atoms with Crippen molar-refractivity contribution in [1.29, 1.82) is 5.26 Å². The highest BCUT2D eigenvalue weighted by atomic mass is 32.2. The van der Waals surface area contributed by atoms with Crippen LogP contribution in [-0.2, 0) is 4.79 Å². The van der Waals surface area contributed by atoms with E-state index in [1.807, 2.05) is 35.2 Å². The largest absolute Gasteiger partial charge is 0.341 e. The molecule has 1 atom stereocenters. The molecule has 1 aliphatic heterocycles. The minimum atomic E-state index is -0.328. The van der Waals surface area contributed by atoms with Gasteiger partial charge in [-0.15, -0.1) is 0 Å². The van der Waals surface area contributed by atoms with E-state index < -0.39 is 0 Å². The molecule has 0 unspecified atom stereocenters. The number of carbonyl (C=O) groups is 1. The molecule has 0 bridgehead atoms. The molecule has 1 aromatic carbocycles. The molecule has 4 nitrogen and oxygen atoms in total. The summed E-state index contributed by atoms with van der Waals surface area (Å²) in [6, 6.07) is 15.3. The van der Waals surface area contributed by atoms with Crippen LogP contribution in [0.2, 0.25) is 0 Å². The summed E-state index contributed by atoms with van der Waals surface area (Å²) in [5.74, 6) is 0.134. The van der Waals surface area contributed by atoms with Gasteiger partial charge < -0.3 is 4.90 Å². The molecule has 1 aromatic heterocycles. The predicted octanol–water partition coefficient (Wildman–Crippen LogP) is 3.80. The summed E-state index contributed by atoms with van der Waals surface area (Å²) in [5, 5.41) is 9.44. The number of benzene rings is 1. The number of nitriles is 1. The molecule has 0 saturated carbocycles. The van der Waals surface area contributed by atoms with Crippen LogP contribution in [-0.4, -0.2) is 28.9 Å². The molecule has 2 aromatic rings. The van der Waals surface area contributed by atoms with E-state index in [1.54, 1.807) is 18.3 Å². The van der Waals surface area contributed by atoms with Gasteiger partial charge in [-0.05, 0) is 37.0 Å². The normalized spacial score (nSPS) is 15.5. The zero-order valence-corrected chi connectivity index (χ0v) is 14.2. The van der Waals surface area contributed by atoms with Gasteiger partial charge in [0.25, 0.3) is 0 Å². The number of nitrogens with zero attached hydrogens (tertiary/aromatic N) is 3. The Morgan fingerprint density at radius 2 is 1.92 bits per heavy atom. The summed E-state index contributed by atoms with van der Waals surface area (Å²) in [6.07, 6.45) is 4.95. The summed E-state index contributed by atoms with van der Waals surface area (Å²) in [4.78, 5) is 19.4. The lowest BCUT2D eigenvalue weighted by Crippen LogP contribution is -2.38. The van der Waals surface area contributed by atoms with E-state index in [0.717, 1.165) is 31.5 Å². The van der Waals surface area contributed by atoms with Crippen molar-refractivity contribution in [2.75, 3.05) is 13.1 Å². The average Bonchev–Trinajstić information content (AvgIpc) is 2.67. The minimum absolute atomic E-state index is 0.134. The van der Waals surface area contributed by atoms with E-state index in [4.69, 9.17) is 5.26 Å². The average molecular weight is 337 g/mol. The molecule has 24 heavy (non-hydrogen) atoms. The maximum absolute atomic E-state index is 13.1. The SMILES string of the molecule is N#Cc1ccnc(S[C@H](C(=O)N2CCCCC2)c2ccccc2)c1. The molecule has 5 heteroatoms. The lowest BCUT2D eigenvalue weighted by molar-refractivity contribution is -0.131. The van der Waals surface area contributed by atoms with Crippen LogP contribution in [0.1, 0.15) is 35.6 Å². The van der Waals surface area contributed by atoms with Crippen LogP contribution in [0.3, 0.4) is 0 Å². The van der Waals surface area contributed by atoms with Gasteiger partial charge in [-0.25, -0.2) is 4.98 Å². The number of aromatic nitrogens is 1. The Bertz CT molecular complexity index is 736. The van der Waals surface area contributed by atoms with Gasteiger partial charge in [-0.1, -0.05) is 42.1 Å². The third-order valence-electron chi connectivity index (χ3n) is 4.10. The van der Waals surface area contributed by atoms with E-state index in [2.05, 4.69) is 11.1 Å². The van der Waals surface area contributed by atoms with E-state index in [1.165, 1.54) is 18.2 Å². The molecule has 1 amide bonds. The number of amides is 1. The summed E-state index contributed by atoms with van der Waals surface area (Å²) in [6.45, 7) is 1.66. The number of carbonyl (C=O) groups excluding carboxylic acids is 1. The van der Waals surface area contributed by atoms with Gasteiger partial charge in [-0.2, -0.15) is 5.26 Å². The lowest BCUT2D eigenvalue weighted by Gasteiger charge is -2.30. The van der Waals surface area contributed by atoms with Gasteiger partial charge in [0.2, 0.25) is 5.91 Å². The number of likely N-dealkylation sites (tertiary alicyclic amines) is 1. The summed E-state index contributed by atoms with van der Waals surface area (Å²) < 4.78 is 0. The van der Waals surface area contributed by atoms with Gasteiger partial charge in [0, 0.05) is 19.3 Å². The Morgan fingerprint density at radius 3 is 2.62 bits per heavy atom. The van der Waals surface area contributed by atoms with Crippen molar-refractivity contribution >= 4 is 17.7 Å². The van der Waals surface area contributed by atoms with Crippen LogP contribution in [0.25, 0.3) is 0 Å². The van der Waals surface area contributed by atoms with Crippen molar-refractivity contribution < 1.29 is 4.79 Å². The van der Waals surface area contributed by atoms with E-state index >= 15 is 0 Å². The lowest BCUT2D eigenvalue weighted by atomic mass is 10.1. The zero-order chi connectivity index (χ0) is 16.8. The predicted molar refractivity (Wildman–Crippen MR) is 94.4 cm³/mol. The van der Waals surface area contributed by atoms with Gasteiger partial charge in [0.15, 0.2) is 0 Å². The Balaban J connectivity index is 1.87. The van der Waals surface area contributed by atoms with Crippen LogP contribution >= 0.6 is 11.8 Å². The summed E-state index contributed by atoms with van der Waals surface area (Å²) >= 11 is 1.42. The first-order chi connectivity index (χ1) is 11.8. The number of thioether (sulfide) groups is 1. The van der Waals surface area contributed by atoms with Crippen LogP contribution in [0.4, 0.5) is 0 Å². The highest BCUT2D eigenvalue weighted by Gasteiger charge is 2.28. The fraction of sp³-hybridized carbons (Fsp3) is 0.316. The van der Waals surface area contributed by atoms with Gasteiger partial charge in [0.1, 0.15) is 5.25 Å². The second-order valence-corrected chi connectivity index (χ2v) is 6.91. The van der Waals surface area contributed by atoms with Crippen molar-refractivity contribution in [3.63, 3.8) is 0 Å². The molecule has 0 radical (unpaired) electrons. The first-order valence-electron chi connectivity index (χ1n) is 8.14. The number of piperidine rings is 1. The second kappa shape index (κ2) is 7.98. The molecule has 2 heterocycles. The maximum atomic E-state index is 13.1. The van der Waals surface area contributed by atoms with Crippen LogP contribution in [0.5, 0.6) is 0 Å². The topological polar surface area (TPSA) is 57.0 Å². The highest BCUT2D eigenvalue weighted by molar-refractivity contribution is 8.00. The molecule has 1 aliphatic rings. The van der Waals surface area contributed by atoms with Crippen molar-refractivity contribution in [3.05, 3.63) is 59.8 Å². The number of rotatable bonds is 4. The van der Waals surface area contributed by atoms with Crippen molar-refractivity contribution in [1.82, 2.24) is 9.88 Å². The number of pyridine rings is 1. The Morgan fingerprint density at radius 1 is 1.17 bits per heavy atom.